The minimum Gasteiger partial charge on any atom is -0.413 e. The third-order valence-corrected chi connectivity index (χ3v) is 24.8. The average Bonchev–Trinajstić information content (AvgIpc) is 3.21. The Morgan fingerprint density at radius 1 is 0.661 bits per heavy atom. The van der Waals surface area contributed by atoms with Crippen LogP contribution >= 0.6 is 0 Å². The number of rotatable bonds is 18. The summed E-state index contributed by atoms with van der Waals surface area (Å²) in [5.41, 5.74) is 6.41. The van der Waals surface area contributed by atoms with E-state index in [0.717, 1.165) is 75.9 Å². The van der Waals surface area contributed by atoms with Crippen LogP contribution < -0.4 is 16.0 Å². The van der Waals surface area contributed by atoms with Gasteiger partial charge in [0, 0.05) is 45.8 Å². The van der Waals surface area contributed by atoms with E-state index in [9.17, 15) is 10.2 Å². The number of nitrogens with zero attached hydrogens (tertiary/aromatic N) is 1. The van der Waals surface area contributed by atoms with E-state index in [0.29, 0.717) is 13.2 Å². The molecule has 5 unspecified atom stereocenters. The number of allylic oxidation sites excluding steroid dienone is 2. The molecule has 62 heavy (non-hydrogen) atoms. The van der Waals surface area contributed by atoms with Gasteiger partial charge in [-0.05, 0) is 103 Å². The summed E-state index contributed by atoms with van der Waals surface area (Å²) in [6.45, 7) is 28.7. The Morgan fingerprint density at radius 2 is 1.24 bits per heavy atom. The molecule has 340 valence electrons. The fraction of sp³-hybridized carbons (Fsp3) is 0.635. The van der Waals surface area contributed by atoms with Crippen molar-refractivity contribution < 1.29 is 19.1 Å². The summed E-state index contributed by atoms with van der Waals surface area (Å²) in [5.74, 6) is -0.904. The van der Waals surface area contributed by atoms with Crippen molar-refractivity contribution in [3.05, 3.63) is 77.4 Å². The van der Waals surface area contributed by atoms with Crippen LogP contribution in [0.1, 0.15) is 148 Å². The highest BCUT2D eigenvalue weighted by atomic mass is 28.4. The summed E-state index contributed by atoms with van der Waals surface area (Å²) >= 11 is 0. The molecule has 0 saturated heterocycles. The molecule has 10 heteroatoms. The van der Waals surface area contributed by atoms with Gasteiger partial charge in [-0.3, -0.25) is 4.99 Å². The van der Waals surface area contributed by atoms with Crippen molar-refractivity contribution in [2.45, 2.75) is 191 Å². The average molecular weight is 881 g/mol. The van der Waals surface area contributed by atoms with Crippen LogP contribution in [-0.2, 0) is 8.85 Å². The van der Waals surface area contributed by atoms with Crippen LogP contribution in [0.25, 0.3) is 10.8 Å². The van der Waals surface area contributed by atoms with Gasteiger partial charge >= 0.3 is 0 Å². The van der Waals surface area contributed by atoms with Crippen molar-refractivity contribution in [2.75, 3.05) is 29.2 Å². The van der Waals surface area contributed by atoms with Gasteiger partial charge in [-0.2, -0.15) is 0 Å². The highest BCUT2D eigenvalue weighted by molar-refractivity contribution is 6.74. The quantitative estimate of drug-likeness (QED) is 0.0640. The molecule has 8 nitrogen and oxygen atoms in total. The molecule has 5 N–H and O–H groups in total. The molecule has 3 aromatic rings. The van der Waals surface area contributed by atoms with E-state index < -0.39 is 46.1 Å². The lowest BCUT2D eigenvalue weighted by Crippen LogP contribution is -2.56. The third kappa shape index (κ3) is 8.99. The van der Waals surface area contributed by atoms with Crippen LogP contribution in [0.15, 0.2) is 65.7 Å². The third-order valence-electron chi connectivity index (χ3n) is 15.9. The molecule has 2 aliphatic heterocycles. The number of aliphatic hydroxyl groups is 2. The maximum Gasteiger partial charge on any atom is 0.192 e. The smallest absolute Gasteiger partial charge is 0.192 e. The first-order valence-electron chi connectivity index (χ1n) is 24.1. The summed E-state index contributed by atoms with van der Waals surface area (Å²) in [7, 11) is -4.05. The minimum absolute atomic E-state index is 0.100. The molecule has 0 spiro atoms. The molecule has 1 saturated carbocycles. The van der Waals surface area contributed by atoms with Crippen LogP contribution in [0.4, 0.5) is 17.1 Å². The molecule has 5 atom stereocenters. The lowest BCUT2D eigenvalue weighted by molar-refractivity contribution is -0.121. The monoisotopic (exact) mass is 881 g/mol. The van der Waals surface area contributed by atoms with Crippen LogP contribution in [0.3, 0.4) is 0 Å². The molecule has 7 rings (SSSR count). The zero-order valence-electron chi connectivity index (χ0n) is 40.3. The summed E-state index contributed by atoms with van der Waals surface area (Å²) in [5, 5.41) is 38.7. The Labute approximate surface area is 376 Å². The summed E-state index contributed by atoms with van der Waals surface area (Å²) in [6, 6.07) is 17.2. The second-order valence-corrected chi connectivity index (χ2v) is 32.0. The minimum atomic E-state index is -2.03. The molecule has 0 bridgehead atoms. The van der Waals surface area contributed by atoms with Crippen molar-refractivity contribution >= 4 is 50.2 Å². The Bertz CT molecular complexity index is 2110. The zero-order valence-corrected chi connectivity index (χ0v) is 42.3. The molecule has 3 aromatic carbocycles. The number of hydrogen-bond donors (Lipinski definition) is 5. The van der Waals surface area contributed by atoms with Crippen LogP contribution in [0.5, 0.6) is 0 Å². The lowest BCUT2D eigenvalue weighted by Gasteiger charge is -2.51. The largest absolute Gasteiger partial charge is 0.413 e. The van der Waals surface area contributed by atoms with Gasteiger partial charge in [0.1, 0.15) is 5.66 Å². The maximum atomic E-state index is 12.2. The molecule has 2 aliphatic carbocycles. The van der Waals surface area contributed by atoms with Gasteiger partial charge in [0.05, 0.1) is 31.1 Å². The van der Waals surface area contributed by atoms with E-state index in [4.69, 9.17) is 13.8 Å². The number of benzene rings is 3. The normalized spacial score (nSPS) is 26.9. The van der Waals surface area contributed by atoms with E-state index in [1.807, 2.05) is 0 Å². The van der Waals surface area contributed by atoms with Crippen molar-refractivity contribution in [3.63, 3.8) is 0 Å². The molecular weight excluding hydrogens is 801 g/mol. The summed E-state index contributed by atoms with van der Waals surface area (Å²) in [4.78, 5) is 5.51. The fourth-order valence-corrected chi connectivity index (χ4v) is 11.9. The highest BCUT2D eigenvalue weighted by Gasteiger charge is 2.55. The number of aliphatic hydroxyl groups excluding tert-OH is 2. The van der Waals surface area contributed by atoms with E-state index in [1.165, 1.54) is 38.5 Å². The molecular formula is C52H80N4O4Si2. The number of anilines is 3. The van der Waals surface area contributed by atoms with Crippen molar-refractivity contribution in [1.82, 2.24) is 0 Å². The van der Waals surface area contributed by atoms with E-state index >= 15 is 0 Å². The van der Waals surface area contributed by atoms with Gasteiger partial charge in [-0.1, -0.05) is 130 Å². The molecule has 0 aromatic heterocycles. The van der Waals surface area contributed by atoms with E-state index in [1.54, 1.807) is 0 Å². The predicted molar refractivity (Wildman–Crippen MR) is 267 cm³/mol. The van der Waals surface area contributed by atoms with Gasteiger partial charge in [-0.15, -0.1) is 0 Å². The van der Waals surface area contributed by atoms with Gasteiger partial charge in [0.15, 0.2) is 22.3 Å². The van der Waals surface area contributed by atoms with Crippen molar-refractivity contribution in [1.29, 1.82) is 0 Å². The molecule has 2 heterocycles. The van der Waals surface area contributed by atoms with Gasteiger partial charge in [-0.25, -0.2) is 0 Å². The first-order valence-corrected chi connectivity index (χ1v) is 29.9. The van der Waals surface area contributed by atoms with Gasteiger partial charge in [0.2, 0.25) is 0 Å². The molecule has 0 radical (unpaired) electrons. The number of aliphatic imine (C=N–C) groups is 1. The standard InChI is InChI=1S/C52H80N4O4Si2/c1-13-15-17-19-31-51(33-59-61(9,10)49(3,4)5)53-39-25-21-23-35-37(27-29-41(55-51)43(35)39)45-47(57)46(48(45)58)38-28-30-42-44-36(38)24-22-26-40(44)54-52(56-42,32-20-18-16-14-2)34-60-62(11,12)50(6,7)8/h21-30,37,45-48,53-54,56-58H,13-20,31-34H2,1-12H3. The van der Waals surface area contributed by atoms with Crippen molar-refractivity contribution in [3.8, 4) is 0 Å². The van der Waals surface area contributed by atoms with Crippen molar-refractivity contribution in [2.24, 2.45) is 10.9 Å². The Kier molecular flexibility index (Phi) is 13.5. The molecule has 4 aliphatic rings. The van der Waals surface area contributed by atoms with Gasteiger partial charge in [0.25, 0.3) is 0 Å². The molecule has 0 amide bonds. The predicted octanol–water partition coefficient (Wildman–Crippen LogP) is 13.1. The summed E-state index contributed by atoms with van der Waals surface area (Å²) < 4.78 is 13.8. The first-order chi connectivity index (χ1) is 29.2. The van der Waals surface area contributed by atoms with Gasteiger partial charge < -0.3 is 35.0 Å². The van der Waals surface area contributed by atoms with Crippen LogP contribution in [0, 0.1) is 5.92 Å². The Balaban J connectivity index is 1.15. The van der Waals surface area contributed by atoms with Crippen LogP contribution in [-0.4, -0.2) is 69.3 Å². The Morgan fingerprint density at radius 3 is 1.87 bits per heavy atom. The second kappa shape index (κ2) is 17.8. The Hall–Kier alpha value is -3.00. The second-order valence-electron chi connectivity index (χ2n) is 22.4. The number of nitrogens with one attached hydrogen (secondary N) is 3. The SMILES string of the molecule is CCCCCCC1(CO[Si](C)(C)C(C)(C)C)N=C2C=CC(C3C(O)C(c4ccc5c6c(cccc46)NC(CCCCCC)(CO[Si](C)(C)C(C)(C)C)N5)C3O)c3cccc(c32)N1. The number of hydrogen-bond acceptors (Lipinski definition) is 8. The maximum absolute atomic E-state index is 12.2. The number of unbranched alkanes of at least 4 members (excludes halogenated alkanes) is 6. The van der Waals surface area contributed by atoms with Crippen LogP contribution in [0.2, 0.25) is 36.3 Å². The van der Waals surface area contributed by atoms with E-state index in [2.05, 4.69) is 158 Å². The highest BCUT2D eigenvalue weighted by Crippen LogP contribution is 2.55. The molecule has 1 fully saturated rings. The van der Waals surface area contributed by atoms with E-state index in [-0.39, 0.29) is 21.9 Å². The summed E-state index contributed by atoms with van der Waals surface area (Å²) in [6.07, 6.45) is 14.1. The first kappa shape index (κ1) is 47.0. The fourth-order valence-electron chi connectivity index (χ4n) is 9.83. The lowest BCUT2D eigenvalue weighted by atomic mass is 9.58. The topological polar surface area (TPSA) is 107 Å². The zero-order chi connectivity index (χ0) is 44.9.